The molecular formula is C16H24N2O2S. The van der Waals surface area contributed by atoms with E-state index in [9.17, 15) is 9.90 Å². The van der Waals surface area contributed by atoms with E-state index >= 15 is 0 Å². The van der Waals surface area contributed by atoms with Crippen LogP contribution in [-0.4, -0.2) is 22.6 Å². The fourth-order valence-electron chi connectivity index (χ4n) is 3.61. The molecule has 2 aliphatic rings. The van der Waals surface area contributed by atoms with E-state index in [1.165, 1.54) is 37.0 Å². The number of nitrogens with zero attached hydrogens (tertiary/aromatic N) is 1. The van der Waals surface area contributed by atoms with E-state index in [1.807, 2.05) is 0 Å². The lowest BCUT2D eigenvalue weighted by atomic mass is 9.76. The summed E-state index contributed by atoms with van der Waals surface area (Å²) < 4.78 is 0. The Labute approximate surface area is 130 Å². The highest BCUT2D eigenvalue weighted by atomic mass is 32.1. The van der Waals surface area contributed by atoms with Gasteiger partial charge in [-0.1, -0.05) is 26.2 Å². The molecule has 2 N–H and O–H groups in total. The molecule has 1 unspecified atom stereocenters. The quantitative estimate of drug-likeness (QED) is 0.881. The molecule has 21 heavy (non-hydrogen) atoms. The van der Waals surface area contributed by atoms with Gasteiger partial charge in [-0.05, 0) is 37.5 Å². The molecule has 0 saturated heterocycles. The summed E-state index contributed by atoms with van der Waals surface area (Å²) in [5.41, 5.74) is 1.19. The van der Waals surface area contributed by atoms with Crippen LogP contribution in [0.4, 0.5) is 5.13 Å². The maximum atomic E-state index is 11.3. The number of aliphatic carboxylic acids is 1. The summed E-state index contributed by atoms with van der Waals surface area (Å²) >= 11 is 1.66. The molecule has 5 heteroatoms. The topological polar surface area (TPSA) is 62.2 Å². The van der Waals surface area contributed by atoms with E-state index in [0.717, 1.165) is 36.6 Å². The number of carbonyl (C=O) groups is 1. The minimum absolute atomic E-state index is 0.372. The first-order valence-corrected chi connectivity index (χ1v) is 8.85. The molecule has 0 aliphatic heterocycles. The maximum Gasteiger partial charge on any atom is 0.312 e. The largest absolute Gasteiger partial charge is 0.481 e. The number of nitrogens with one attached hydrogen (secondary N) is 1. The molecule has 0 aromatic carbocycles. The molecule has 1 saturated carbocycles. The van der Waals surface area contributed by atoms with Crippen LogP contribution in [0.5, 0.6) is 0 Å². The number of aromatic nitrogens is 1. The predicted octanol–water partition coefficient (Wildman–Crippen LogP) is 4.03. The first-order valence-electron chi connectivity index (χ1n) is 8.04. The van der Waals surface area contributed by atoms with Crippen LogP contribution >= 0.6 is 11.3 Å². The highest BCUT2D eigenvalue weighted by Gasteiger charge is 2.31. The van der Waals surface area contributed by atoms with Crippen LogP contribution in [-0.2, 0) is 11.2 Å². The van der Waals surface area contributed by atoms with Crippen LogP contribution in [0.2, 0.25) is 0 Å². The van der Waals surface area contributed by atoms with Crippen LogP contribution in [0.3, 0.4) is 0 Å². The minimum atomic E-state index is -0.730. The molecule has 0 bridgehead atoms. The van der Waals surface area contributed by atoms with Gasteiger partial charge in [-0.25, -0.2) is 4.98 Å². The van der Waals surface area contributed by atoms with Crippen LogP contribution in [0.15, 0.2) is 0 Å². The summed E-state index contributed by atoms with van der Waals surface area (Å²) in [6.45, 7) is 3.31. The van der Waals surface area contributed by atoms with Crippen LogP contribution in [0, 0.1) is 5.41 Å². The Balaban J connectivity index is 1.68. The Bertz CT molecular complexity index is 520. The van der Waals surface area contributed by atoms with Crippen molar-refractivity contribution in [3.63, 3.8) is 0 Å². The average molecular weight is 308 g/mol. The third-order valence-corrected chi connectivity index (χ3v) is 6.07. The summed E-state index contributed by atoms with van der Waals surface area (Å²) in [4.78, 5) is 17.1. The van der Waals surface area contributed by atoms with E-state index in [4.69, 9.17) is 0 Å². The van der Waals surface area contributed by atoms with Gasteiger partial charge in [-0.15, -0.1) is 11.3 Å². The summed E-state index contributed by atoms with van der Waals surface area (Å²) in [5, 5.41) is 13.7. The fraction of sp³-hybridized carbons (Fsp3) is 0.750. The number of carboxylic acids is 1. The van der Waals surface area contributed by atoms with Crippen molar-refractivity contribution in [2.75, 3.05) is 11.9 Å². The summed E-state index contributed by atoms with van der Waals surface area (Å²) in [6.07, 6.45) is 9.25. The van der Waals surface area contributed by atoms with Crippen molar-refractivity contribution in [3.05, 3.63) is 10.6 Å². The number of thiazole rings is 1. The Morgan fingerprint density at radius 2 is 2.14 bits per heavy atom. The second-order valence-electron chi connectivity index (χ2n) is 6.84. The van der Waals surface area contributed by atoms with Gasteiger partial charge in [-0.3, -0.25) is 4.79 Å². The van der Waals surface area contributed by atoms with Crippen molar-refractivity contribution in [3.8, 4) is 0 Å². The first-order chi connectivity index (χ1) is 10.1. The Hall–Kier alpha value is -1.10. The van der Waals surface area contributed by atoms with Gasteiger partial charge in [0.05, 0.1) is 5.69 Å². The summed E-state index contributed by atoms with van der Waals surface area (Å²) in [5.74, 6) is -1.13. The van der Waals surface area contributed by atoms with Gasteiger partial charge in [0, 0.05) is 11.4 Å². The second-order valence-corrected chi connectivity index (χ2v) is 7.92. The monoisotopic (exact) mass is 308 g/mol. The normalized spacial score (nSPS) is 24.3. The molecule has 0 amide bonds. The molecule has 1 heterocycles. The third-order valence-electron chi connectivity index (χ3n) is 4.98. The highest BCUT2D eigenvalue weighted by molar-refractivity contribution is 7.15. The Morgan fingerprint density at radius 1 is 1.38 bits per heavy atom. The number of aryl methyl sites for hydroxylation is 1. The van der Waals surface area contributed by atoms with Gasteiger partial charge in [0.25, 0.3) is 0 Å². The molecule has 2 aliphatic carbocycles. The van der Waals surface area contributed by atoms with Gasteiger partial charge in [0.15, 0.2) is 5.13 Å². The molecule has 1 fully saturated rings. The minimum Gasteiger partial charge on any atom is -0.481 e. The van der Waals surface area contributed by atoms with E-state index in [-0.39, 0.29) is 0 Å². The number of fused-ring (bicyclic) bond motifs is 1. The standard InChI is InChI=1S/C16H24N2O2S/c1-16(8-3-2-4-9-16)10-17-15-18-13-11(14(19)20)6-5-7-12(13)21-15/h11H,2-10H2,1H3,(H,17,18)(H,19,20). The lowest BCUT2D eigenvalue weighted by Gasteiger charge is -2.33. The lowest BCUT2D eigenvalue weighted by molar-refractivity contribution is -0.139. The van der Waals surface area contributed by atoms with Crippen molar-refractivity contribution in [2.24, 2.45) is 5.41 Å². The molecule has 1 aromatic heterocycles. The van der Waals surface area contributed by atoms with Crippen LogP contribution in [0.25, 0.3) is 0 Å². The van der Waals surface area contributed by atoms with E-state index in [2.05, 4.69) is 17.2 Å². The van der Waals surface area contributed by atoms with Gasteiger partial charge in [-0.2, -0.15) is 0 Å². The number of anilines is 1. The summed E-state index contributed by atoms with van der Waals surface area (Å²) in [6, 6.07) is 0. The van der Waals surface area contributed by atoms with Crippen molar-refractivity contribution in [1.82, 2.24) is 4.98 Å². The molecule has 0 spiro atoms. The first kappa shape index (κ1) is 14.8. The van der Waals surface area contributed by atoms with Gasteiger partial charge in [0.1, 0.15) is 5.92 Å². The Kier molecular flexibility index (Phi) is 4.20. The molecule has 116 valence electrons. The van der Waals surface area contributed by atoms with Gasteiger partial charge in [0.2, 0.25) is 0 Å². The molecule has 3 rings (SSSR count). The SMILES string of the molecule is CC1(CNc2nc3c(s2)CCCC3C(=O)O)CCCCC1. The molecule has 1 atom stereocenters. The molecular weight excluding hydrogens is 284 g/mol. The van der Waals surface area contributed by atoms with Gasteiger partial charge < -0.3 is 10.4 Å². The van der Waals surface area contributed by atoms with Crippen molar-refractivity contribution >= 4 is 22.4 Å². The average Bonchev–Trinajstić information content (AvgIpc) is 2.88. The molecule has 0 radical (unpaired) electrons. The van der Waals surface area contributed by atoms with Crippen molar-refractivity contribution < 1.29 is 9.90 Å². The van der Waals surface area contributed by atoms with E-state index in [1.54, 1.807) is 11.3 Å². The summed E-state index contributed by atoms with van der Waals surface area (Å²) in [7, 11) is 0. The highest BCUT2D eigenvalue weighted by Crippen LogP contribution is 2.39. The zero-order valence-corrected chi connectivity index (χ0v) is 13.5. The fourth-order valence-corrected chi connectivity index (χ4v) is 4.67. The number of hydrogen-bond donors (Lipinski definition) is 2. The smallest absolute Gasteiger partial charge is 0.312 e. The third kappa shape index (κ3) is 3.23. The number of hydrogen-bond acceptors (Lipinski definition) is 4. The van der Waals surface area contributed by atoms with Crippen LogP contribution < -0.4 is 5.32 Å². The van der Waals surface area contributed by atoms with E-state index < -0.39 is 11.9 Å². The number of rotatable bonds is 4. The zero-order valence-electron chi connectivity index (χ0n) is 12.7. The van der Waals surface area contributed by atoms with E-state index in [0.29, 0.717) is 5.41 Å². The van der Waals surface area contributed by atoms with Crippen molar-refractivity contribution in [1.29, 1.82) is 0 Å². The lowest BCUT2D eigenvalue weighted by Crippen LogP contribution is -2.28. The maximum absolute atomic E-state index is 11.3. The molecule has 1 aromatic rings. The van der Waals surface area contributed by atoms with Crippen LogP contribution in [0.1, 0.15) is 68.4 Å². The predicted molar refractivity (Wildman–Crippen MR) is 85.1 cm³/mol. The Morgan fingerprint density at radius 3 is 2.86 bits per heavy atom. The zero-order chi connectivity index (χ0) is 14.9. The molecule has 4 nitrogen and oxygen atoms in total. The van der Waals surface area contributed by atoms with Gasteiger partial charge >= 0.3 is 5.97 Å². The van der Waals surface area contributed by atoms with Crippen molar-refractivity contribution in [2.45, 2.75) is 64.2 Å². The second kappa shape index (κ2) is 5.95. The number of carboxylic acid groups (broad SMARTS) is 1.